The summed E-state index contributed by atoms with van der Waals surface area (Å²) in [7, 11) is 0. The van der Waals surface area contributed by atoms with Gasteiger partial charge in [0.1, 0.15) is 11.6 Å². The number of rotatable bonds is 1. The van der Waals surface area contributed by atoms with E-state index in [2.05, 4.69) is 10.2 Å². The van der Waals surface area contributed by atoms with Gasteiger partial charge in [0.05, 0.1) is 5.56 Å². The topological polar surface area (TPSA) is 46.0 Å². The molecular weight excluding hydrogens is 318 g/mol. The lowest BCUT2D eigenvalue weighted by molar-refractivity contribution is 0.472. The first-order valence-corrected chi connectivity index (χ1v) is 5.55. The van der Waals surface area contributed by atoms with E-state index in [1.807, 2.05) is 22.6 Å². The zero-order chi connectivity index (χ0) is 10.1. The van der Waals surface area contributed by atoms with Crippen molar-refractivity contribution in [2.45, 2.75) is 0 Å². The highest BCUT2D eigenvalue weighted by Gasteiger charge is 2.14. The van der Waals surface area contributed by atoms with Crippen molar-refractivity contribution in [3.8, 4) is 16.3 Å². The predicted molar refractivity (Wildman–Crippen MR) is 59.7 cm³/mol. The van der Waals surface area contributed by atoms with Crippen LogP contribution in [0.5, 0.6) is 5.75 Å². The molecule has 2 aromatic rings. The lowest BCUT2D eigenvalue weighted by Crippen LogP contribution is -1.84. The fourth-order valence-corrected chi connectivity index (χ4v) is 2.39. The van der Waals surface area contributed by atoms with Crippen molar-refractivity contribution in [3.05, 3.63) is 27.0 Å². The Kier molecular flexibility index (Phi) is 2.64. The molecule has 0 spiro atoms. The smallest absolute Gasteiger partial charge is 0.178 e. The Balaban J connectivity index is 2.61. The van der Waals surface area contributed by atoms with E-state index in [-0.39, 0.29) is 11.3 Å². The van der Waals surface area contributed by atoms with Crippen molar-refractivity contribution in [1.29, 1.82) is 0 Å². The number of hydrogen-bond donors (Lipinski definition) is 1. The molecule has 72 valence electrons. The Morgan fingerprint density at radius 1 is 1.36 bits per heavy atom. The van der Waals surface area contributed by atoms with Crippen LogP contribution in [0.1, 0.15) is 0 Å². The van der Waals surface area contributed by atoms with Gasteiger partial charge in [-0.15, -0.1) is 10.2 Å². The molecule has 3 nitrogen and oxygen atoms in total. The molecule has 14 heavy (non-hydrogen) atoms. The number of phenols is 1. The van der Waals surface area contributed by atoms with E-state index in [1.54, 1.807) is 0 Å². The Labute approximate surface area is 96.8 Å². The number of halogens is 2. The summed E-state index contributed by atoms with van der Waals surface area (Å²) < 4.78 is 14.0. The third kappa shape index (κ3) is 1.71. The summed E-state index contributed by atoms with van der Waals surface area (Å²) in [6.07, 6.45) is 0. The standard InChI is InChI=1S/C8H4FIN2OS/c9-4-2-1-3-5(13)6(4)7-11-12-8(10)14-7/h1-3,13H. The molecule has 0 fully saturated rings. The van der Waals surface area contributed by atoms with Gasteiger partial charge in [0, 0.05) is 0 Å². The minimum absolute atomic E-state index is 0.113. The van der Waals surface area contributed by atoms with Crippen molar-refractivity contribution < 1.29 is 9.50 Å². The maximum atomic E-state index is 13.3. The Hall–Kier alpha value is -0.760. The number of nitrogens with zero attached hydrogens (tertiary/aromatic N) is 2. The molecule has 0 saturated carbocycles. The molecule has 1 N–H and O–H groups in total. The van der Waals surface area contributed by atoms with Crippen molar-refractivity contribution in [2.75, 3.05) is 0 Å². The molecule has 1 aromatic carbocycles. The second kappa shape index (κ2) is 3.77. The van der Waals surface area contributed by atoms with Crippen LogP contribution in [0, 0.1) is 8.83 Å². The van der Waals surface area contributed by atoms with Crippen molar-refractivity contribution in [2.24, 2.45) is 0 Å². The van der Waals surface area contributed by atoms with Crippen LogP contribution in [-0.2, 0) is 0 Å². The van der Waals surface area contributed by atoms with Gasteiger partial charge in [-0.2, -0.15) is 0 Å². The quantitative estimate of drug-likeness (QED) is 0.821. The molecule has 0 saturated heterocycles. The molecule has 0 radical (unpaired) electrons. The first kappa shape index (κ1) is 9.78. The minimum Gasteiger partial charge on any atom is -0.507 e. The van der Waals surface area contributed by atoms with E-state index < -0.39 is 5.82 Å². The zero-order valence-corrected chi connectivity index (χ0v) is 9.71. The van der Waals surface area contributed by atoms with Crippen molar-refractivity contribution >= 4 is 33.9 Å². The second-order valence-electron chi connectivity index (χ2n) is 2.49. The number of aromatic nitrogens is 2. The number of hydrogen-bond acceptors (Lipinski definition) is 4. The lowest BCUT2D eigenvalue weighted by Gasteiger charge is -2.00. The van der Waals surface area contributed by atoms with Crippen LogP contribution >= 0.6 is 33.9 Å². The third-order valence-electron chi connectivity index (χ3n) is 1.61. The van der Waals surface area contributed by atoms with Gasteiger partial charge in [-0.25, -0.2) is 4.39 Å². The van der Waals surface area contributed by atoms with Gasteiger partial charge >= 0.3 is 0 Å². The predicted octanol–water partition coefficient (Wildman–Crippen LogP) is 2.65. The molecule has 0 aliphatic rings. The van der Waals surface area contributed by atoms with Crippen LogP contribution in [0.2, 0.25) is 0 Å². The summed E-state index contributed by atoms with van der Waals surface area (Å²) in [4.78, 5) is 0. The first-order chi connectivity index (χ1) is 6.68. The van der Waals surface area contributed by atoms with Gasteiger partial charge in [0.15, 0.2) is 8.02 Å². The average molecular weight is 322 g/mol. The van der Waals surface area contributed by atoms with Crippen LogP contribution < -0.4 is 0 Å². The van der Waals surface area contributed by atoms with Crippen LogP contribution in [0.15, 0.2) is 18.2 Å². The molecule has 0 aliphatic carbocycles. The van der Waals surface area contributed by atoms with Crippen LogP contribution in [0.4, 0.5) is 4.39 Å². The molecule has 6 heteroatoms. The molecule has 1 aromatic heterocycles. The van der Waals surface area contributed by atoms with E-state index in [0.717, 1.165) is 0 Å². The summed E-state index contributed by atoms with van der Waals surface area (Å²) in [5, 5.41) is 17.4. The zero-order valence-electron chi connectivity index (χ0n) is 6.74. The molecule has 1 heterocycles. The number of phenolic OH excluding ortho intramolecular Hbond substituents is 1. The van der Waals surface area contributed by atoms with E-state index in [4.69, 9.17) is 0 Å². The molecule has 0 atom stereocenters. The van der Waals surface area contributed by atoms with E-state index in [1.165, 1.54) is 29.5 Å². The lowest BCUT2D eigenvalue weighted by atomic mass is 10.2. The Morgan fingerprint density at radius 3 is 2.71 bits per heavy atom. The highest BCUT2D eigenvalue weighted by atomic mass is 127. The van der Waals surface area contributed by atoms with Crippen molar-refractivity contribution in [3.63, 3.8) is 0 Å². The second-order valence-corrected chi connectivity index (χ2v) is 5.23. The largest absolute Gasteiger partial charge is 0.507 e. The number of benzene rings is 1. The summed E-state index contributed by atoms with van der Waals surface area (Å²) in [5.41, 5.74) is 0.118. The van der Waals surface area contributed by atoms with Gasteiger partial charge in [-0.3, -0.25) is 0 Å². The third-order valence-corrected chi connectivity index (χ3v) is 3.21. The normalized spacial score (nSPS) is 10.4. The van der Waals surface area contributed by atoms with Gasteiger partial charge < -0.3 is 5.11 Å². The highest BCUT2D eigenvalue weighted by Crippen LogP contribution is 2.33. The molecule has 0 bridgehead atoms. The number of aromatic hydroxyl groups is 1. The monoisotopic (exact) mass is 322 g/mol. The molecule has 0 unspecified atom stereocenters. The maximum Gasteiger partial charge on any atom is 0.178 e. The van der Waals surface area contributed by atoms with Crippen LogP contribution in [-0.4, -0.2) is 15.3 Å². The summed E-state index contributed by atoms with van der Waals surface area (Å²) in [6, 6.07) is 4.15. The van der Waals surface area contributed by atoms with Crippen LogP contribution in [0.3, 0.4) is 0 Å². The summed E-state index contributed by atoms with van der Waals surface area (Å²) >= 11 is 3.23. The molecular formula is C8H4FIN2OS. The van der Waals surface area contributed by atoms with E-state index >= 15 is 0 Å². The van der Waals surface area contributed by atoms with Crippen LogP contribution in [0.25, 0.3) is 10.6 Å². The van der Waals surface area contributed by atoms with E-state index in [9.17, 15) is 9.50 Å². The molecule has 0 aliphatic heterocycles. The van der Waals surface area contributed by atoms with Crippen molar-refractivity contribution in [1.82, 2.24) is 10.2 Å². The highest BCUT2D eigenvalue weighted by molar-refractivity contribution is 14.1. The summed E-state index contributed by atoms with van der Waals surface area (Å²) in [5.74, 6) is -0.602. The fraction of sp³-hybridized carbons (Fsp3) is 0. The average Bonchev–Trinajstić information content (AvgIpc) is 2.51. The molecule has 0 amide bonds. The van der Waals surface area contributed by atoms with Gasteiger partial charge in [-0.1, -0.05) is 17.4 Å². The SMILES string of the molecule is Oc1cccc(F)c1-c1nnc(I)s1. The Bertz CT molecular complexity index is 454. The molecule has 2 rings (SSSR count). The maximum absolute atomic E-state index is 13.3. The van der Waals surface area contributed by atoms with E-state index in [0.29, 0.717) is 8.02 Å². The summed E-state index contributed by atoms with van der Waals surface area (Å²) in [6.45, 7) is 0. The van der Waals surface area contributed by atoms with Gasteiger partial charge in [0.25, 0.3) is 0 Å². The van der Waals surface area contributed by atoms with Gasteiger partial charge in [-0.05, 0) is 34.7 Å². The fourth-order valence-electron chi connectivity index (χ4n) is 1.03. The Morgan fingerprint density at radius 2 is 2.14 bits per heavy atom. The minimum atomic E-state index is -0.488. The first-order valence-electron chi connectivity index (χ1n) is 3.65. The van der Waals surface area contributed by atoms with Gasteiger partial charge in [0.2, 0.25) is 0 Å².